The first-order valence-electron chi connectivity index (χ1n) is 6.14. The number of pyridine rings is 1. The second-order valence-electron chi connectivity index (χ2n) is 4.75. The molecule has 1 aliphatic rings. The number of nitrogens with zero attached hydrogens (tertiary/aromatic N) is 2. The van der Waals surface area contributed by atoms with Crippen LogP contribution in [-0.2, 0) is 6.42 Å². The summed E-state index contributed by atoms with van der Waals surface area (Å²) in [6, 6.07) is 4.41. The van der Waals surface area contributed by atoms with E-state index in [2.05, 4.69) is 28.7 Å². The van der Waals surface area contributed by atoms with Crippen LogP contribution in [0.3, 0.4) is 0 Å². The zero-order valence-corrected chi connectivity index (χ0v) is 10.1. The van der Waals surface area contributed by atoms with Gasteiger partial charge in [0.1, 0.15) is 0 Å². The van der Waals surface area contributed by atoms with Gasteiger partial charge in [-0.15, -0.1) is 0 Å². The molecule has 1 atom stereocenters. The maximum atomic E-state index is 6.15. The second-order valence-corrected chi connectivity index (χ2v) is 4.75. The monoisotopic (exact) mass is 227 g/mol. The molecule has 3 heteroatoms. The fraction of sp³-hybridized carbons (Fsp3) is 0.357. The van der Waals surface area contributed by atoms with Crippen molar-refractivity contribution in [3.8, 4) is 5.69 Å². The summed E-state index contributed by atoms with van der Waals surface area (Å²) in [4.78, 5) is 4.22. The number of hydrogen-bond donors (Lipinski definition) is 1. The molecule has 2 heterocycles. The van der Waals surface area contributed by atoms with Crippen molar-refractivity contribution < 1.29 is 0 Å². The Balaban J connectivity index is 2.14. The van der Waals surface area contributed by atoms with Crippen molar-refractivity contribution in [2.45, 2.75) is 32.2 Å². The number of aryl methyl sites for hydroxylation is 1. The van der Waals surface area contributed by atoms with Crippen molar-refractivity contribution in [3.05, 3.63) is 47.5 Å². The SMILES string of the molecule is Cc1ccncc1-n1ccc2c1CCCC2N. The van der Waals surface area contributed by atoms with E-state index < -0.39 is 0 Å². The van der Waals surface area contributed by atoms with Crippen molar-refractivity contribution in [2.75, 3.05) is 0 Å². The molecule has 2 aromatic rings. The third-order valence-electron chi connectivity index (χ3n) is 3.63. The molecule has 0 saturated carbocycles. The van der Waals surface area contributed by atoms with E-state index in [1.807, 2.05) is 18.5 Å². The Kier molecular flexibility index (Phi) is 2.48. The van der Waals surface area contributed by atoms with E-state index in [1.54, 1.807) is 0 Å². The minimum Gasteiger partial charge on any atom is -0.324 e. The van der Waals surface area contributed by atoms with Gasteiger partial charge in [-0.2, -0.15) is 0 Å². The van der Waals surface area contributed by atoms with Crippen LogP contribution < -0.4 is 5.73 Å². The van der Waals surface area contributed by atoms with E-state index in [-0.39, 0.29) is 6.04 Å². The van der Waals surface area contributed by atoms with Gasteiger partial charge in [-0.05, 0) is 49.4 Å². The summed E-state index contributed by atoms with van der Waals surface area (Å²) in [5.41, 5.74) is 11.2. The summed E-state index contributed by atoms with van der Waals surface area (Å²) in [5.74, 6) is 0. The van der Waals surface area contributed by atoms with E-state index in [4.69, 9.17) is 5.73 Å². The number of rotatable bonds is 1. The molecular weight excluding hydrogens is 210 g/mol. The summed E-state index contributed by atoms with van der Waals surface area (Å²) in [6.45, 7) is 2.12. The fourth-order valence-corrected chi connectivity index (χ4v) is 2.66. The Bertz CT molecular complexity index is 542. The van der Waals surface area contributed by atoms with Crippen LogP contribution in [0.1, 0.15) is 35.7 Å². The van der Waals surface area contributed by atoms with Gasteiger partial charge < -0.3 is 10.3 Å². The molecule has 3 rings (SSSR count). The Morgan fingerprint density at radius 2 is 2.29 bits per heavy atom. The molecule has 2 aromatic heterocycles. The molecule has 0 aliphatic heterocycles. The Morgan fingerprint density at radius 3 is 3.12 bits per heavy atom. The van der Waals surface area contributed by atoms with Crippen LogP contribution in [0.5, 0.6) is 0 Å². The smallest absolute Gasteiger partial charge is 0.0665 e. The molecule has 2 N–H and O–H groups in total. The Hall–Kier alpha value is -1.61. The normalized spacial score (nSPS) is 19.1. The molecule has 88 valence electrons. The standard InChI is InChI=1S/C14H17N3/c1-10-5-7-16-9-14(10)17-8-6-11-12(15)3-2-4-13(11)17/h5-9,12H,2-4,15H2,1H3. The van der Waals surface area contributed by atoms with Gasteiger partial charge in [-0.25, -0.2) is 0 Å². The number of hydrogen-bond acceptors (Lipinski definition) is 2. The van der Waals surface area contributed by atoms with E-state index in [0.29, 0.717) is 0 Å². The van der Waals surface area contributed by atoms with Crippen LogP contribution in [0, 0.1) is 6.92 Å². The van der Waals surface area contributed by atoms with Crippen LogP contribution in [-0.4, -0.2) is 9.55 Å². The Labute approximate surface area is 101 Å². The molecule has 0 aromatic carbocycles. The van der Waals surface area contributed by atoms with Crippen molar-refractivity contribution >= 4 is 0 Å². The maximum absolute atomic E-state index is 6.15. The fourth-order valence-electron chi connectivity index (χ4n) is 2.66. The highest BCUT2D eigenvalue weighted by atomic mass is 15.0. The van der Waals surface area contributed by atoms with Gasteiger partial charge in [0.05, 0.1) is 11.9 Å². The Morgan fingerprint density at radius 1 is 1.41 bits per heavy atom. The average molecular weight is 227 g/mol. The summed E-state index contributed by atoms with van der Waals surface area (Å²) >= 11 is 0. The topological polar surface area (TPSA) is 43.8 Å². The van der Waals surface area contributed by atoms with Gasteiger partial charge in [0, 0.05) is 24.1 Å². The molecule has 1 unspecified atom stereocenters. The lowest BCUT2D eigenvalue weighted by molar-refractivity contribution is 0.560. The molecule has 3 nitrogen and oxygen atoms in total. The highest BCUT2D eigenvalue weighted by Gasteiger charge is 2.20. The van der Waals surface area contributed by atoms with Crippen molar-refractivity contribution in [1.82, 2.24) is 9.55 Å². The molecule has 0 bridgehead atoms. The highest BCUT2D eigenvalue weighted by molar-refractivity contribution is 5.43. The lowest BCUT2D eigenvalue weighted by Gasteiger charge is -2.21. The number of fused-ring (bicyclic) bond motifs is 1. The summed E-state index contributed by atoms with van der Waals surface area (Å²) in [5, 5.41) is 0. The predicted molar refractivity (Wildman–Crippen MR) is 68.2 cm³/mol. The zero-order chi connectivity index (χ0) is 11.8. The molecule has 0 spiro atoms. The molecular formula is C14H17N3. The largest absolute Gasteiger partial charge is 0.324 e. The molecule has 0 amide bonds. The van der Waals surface area contributed by atoms with Crippen molar-refractivity contribution in [1.29, 1.82) is 0 Å². The van der Waals surface area contributed by atoms with Gasteiger partial charge in [0.25, 0.3) is 0 Å². The van der Waals surface area contributed by atoms with E-state index in [1.165, 1.54) is 28.9 Å². The van der Waals surface area contributed by atoms with Crippen molar-refractivity contribution in [2.24, 2.45) is 5.73 Å². The van der Waals surface area contributed by atoms with Crippen LogP contribution >= 0.6 is 0 Å². The predicted octanol–water partition coefficient (Wildman–Crippen LogP) is 2.52. The van der Waals surface area contributed by atoms with Gasteiger partial charge in [-0.3, -0.25) is 4.98 Å². The molecule has 0 radical (unpaired) electrons. The highest BCUT2D eigenvalue weighted by Crippen LogP contribution is 2.31. The maximum Gasteiger partial charge on any atom is 0.0665 e. The van der Waals surface area contributed by atoms with Crippen molar-refractivity contribution in [3.63, 3.8) is 0 Å². The second kappa shape index (κ2) is 4.00. The minimum atomic E-state index is 0.206. The third-order valence-corrected chi connectivity index (χ3v) is 3.63. The first kappa shape index (κ1) is 10.5. The van der Waals surface area contributed by atoms with Crippen LogP contribution in [0.25, 0.3) is 5.69 Å². The van der Waals surface area contributed by atoms with Gasteiger partial charge in [0.2, 0.25) is 0 Å². The first-order chi connectivity index (χ1) is 8.27. The van der Waals surface area contributed by atoms with Crippen LogP contribution in [0.4, 0.5) is 0 Å². The average Bonchev–Trinajstić information content (AvgIpc) is 2.75. The first-order valence-corrected chi connectivity index (χ1v) is 6.14. The zero-order valence-electron chi connectivity index (χ0n) is 10.1. The summed E-state index contributed by atoms with van der Waals surface area (Å²) < 4.78 is 2.25. The van der Waals surface area contributed by atoms with Gasteiger partial charge >= 0.3 is 0 Å². The minimum absolute atomic E-state index is 0.206. The van der Waals surface area contributed by atoms with Gasteiger partial charge in [-0.1, -0.05) is 0 Å². The van der Waals surface area contributed by atoms with E-state index >= 15 is 0 Å². The van der Waals surface area contributed by atoms with Crippen LogP contribution in [0.2, 0.25) is 0 Å². The van der Waals surface area contributed by atoms with Crippen LogP contribution in [0.15, 0.2) is 30.7 Å². The number of nitrogens with two attached hydrogens (primary N) is 1. The number of aromatic nitrogens is 2. The quantitative estimate of drug-likeness (QED) is 0.813. The van der Waals surface area contributed by atoms with Gasteiger partial charge in [0.15, 0.2) is 0 Å². The molecule has 0 saturated heterocycles. The lowest BCUT2D eigenvalue weighted by atomic mass is 9.93. The lowest BCUT2D eigenvalue weighted by Crippen LogP contribution is -2.18. The molecule has 17 heavy (non-hydrogen) atoms. The summed E-state index contributed by atoms with van der Waals surface area (Å²) in [7, 11) is 0. The third kappa shape index (κ3) is 1.67. The van der Waals surface area contributed by atoms with E-state index in [0.717, 1.165) is 12.8 Å². The summed E-state index contributed by atoms with van der Waals surface area (Å²) in [6.07, 6.45) is 9.28. The molecule has 1 aliphatic carbocycles. The molecule has 0 fully saturated rings. The van der Waals surface area contributed by atoms with E-state index in [9.17, 15) is 0 Å².